The number of allylic oxidation sites excluding steroid dienone is 5. The van der Waals surface area contributed by atoms with Gasteiger partial charge in [0.2, 0.25) is 0 Å². The van der Waals surface area contributed by atoms with Gasteiger partial charge in [0.05, 0.1) is 0 Å². The van der Waals surface area contributed by atoms with Crippen LogP contribution in [0.1, 0.15) is 58.3 Å². The predicted molar refractivity (Wildman–Crippen MR) is 69.8 cm³/mol. The lowest BCUT2D eigenvalue weighted by Gasteiger charge is -1.96. The lowest BCUT2D eigenvalue weighted by Crippen LogP contribution is -1.76. The van der Waals surface area contributed by atoms with Crippen molar-refractivity contribution in [2.45, 2.75) is 58.3 Å². The Hall–Kier alpha value is -0.780. The molecule has 0 nitrogen and oxygen atoms in total. The van der Waals surface area contributed by atoms with Gasteiger partial charge in [-0.25, -0.2) is 0 Å². The Kier molecular flexibility index (Phi) is 12.5. The van der Waals surface area contributed by atoms with Crippen molar-refractivity contribution in [2.75, 3.05) is 0 Å². The molecule has 0 fully saturated rings. The van der Waals surface area contributed by atoms with Crippen molar-refractivity contribution >= 4 is 0 Å². The first-order valence-corrected chi connectivity index (χ1v) is 6.21. The minimum atomic E-state index is 1.07. The molecule has 0 unspecified atom stereocenters. The van der Waals surface area contributed by atoms with Crippen molar-refractivity contribution in [3.8, 4) is 0 Å². The summed E-state index contributed by atoms with van der Waals surface area (Å²) in [4.78, 5) is 0. The third-order valence-corrected chi connectivity index (χ3v) is 2.39. The molecular weight excluding hydrogens is 180 g/mol. The molecule has 0 aliphatic carbocycles. The van der Waals surface area contributed by atoms with Crippen LogP contribution in [0.5, 0.6) is 0 Å². The summed E-state index contributed by atoms with van der Waals surface area (Å²) in [6.45, 7) is 7.38. The summed E-state index contributed by atoms with van der Waals surface area (Å²) < 4.78 is 0. The van der Waals surface area contributed by atoms with E-state index in [1.165, 1.54) is 44.9 Å². The fourth-order valence-electron chi connectivity index (χ4n) is 1.47. The van der Waals surface area contributed by atoms with E-state index in [0.717, 1.165) is 6.42 Å². The van der Waals surface area contributed by atoms with Crippen molar-refractivity contribution in [3.05, 3.63) is 37.0 Å². The lowest BCUT2D eigenvalue weighted by atomic mass is 10.1. The Morgan fingerprint density at radius 1 is 0.733 bits per heavy atom. The quantitative estimate of drug-likeness (QED) is 0.338. The Bertz CT molecular complexity index is 174. The highest BCUT2D eigenvalue weighted by Crippen LogP contribution is 2.06. The molecule has 0 amide bonds. The predicted octanol–water partition coefficient (Wildman–Crippen LogP) is 5.23. The summed E-state index contributed by atoms with van der Waals surface area (Å²) in [6, 6.07) is 0. The van der Waals surface area contributed by atoms with E-state index in [1.807, 2.05) is 0 Å². The van der Waals surface area contributed by atoms with Crippen LogP contribution in [0.15, 0.2) is 30.4 Å². The van der Waals surface area contributed by atoms with E-state index in [1.54, 1.807) is 6.08 Å². The van der Waals surface area contributed by atoms with Crippen LogP contribution in [-0.4, -0.2) is 0 Å². The zero-order valence-corrected chi connectivity index (χ0v) is 10.1. The molecule has 0 heteroatoms. The van der Waals surface area contributed by atoms with Gasteiger partial charge in [-0.1, -0.05) is 49.8 Å². The molecule has 0 bridgehead atoms. The molecule has 0 saturated heterocycles. The molecule has 0 rings (SSSR count). The standard InChI is InChI=1S/C15H25/c1-3-5-7-9-11-13-15-14-12-10-8-6-4-2/h1,3-4,6,12,14H,5,7-11,13,15H2,2H3. The van der Waals surface area contributed by atoms with Crippen molar-refractivity contribution in [3.63, 3.8) is 0 Å². The second-order valence-corrected chi connectivity index (χ2v) is 3.85. The SMILES string of the molecule is [CH]=CCCCCCCC=CCCC=CC. The fourth-order valence-corrected chi connectivity index (χ4v) is 1.47. The average molecular weight is 205 g/mol. The number of hydrogen-bond acceptors (Lipinski definition) is 0. The van der Waals surface area contributed by atoms with E-state index in [2.05, 4.69) is 31.2 Å². The first kappa shape index (κ1) is 14.2. The lowest BCUT2D eigenvalue weighted by molar-refractivity contribution is 0.652. The first-order chi connectivity index (χ1) is 7.41. The minimum Gasteiger partial charge on any atom is -0.0917 e. The highest BCUT2D eigenvalue weighted by molar-refractivity contribution is 4.86. The highest BCUT2D eigenvalue weighted by atomic mass is 13.9. The molecule has 0 aliphatic rings. The minimum absolute atomic E-state index is 1.07. The molecular formula is C15H25. The molecule has 1 radical (unpaired) electrons. The highest BCUT2D eigenvalue weighted by Gasteiger charge is 1.86. The van der Waals surface area contributed by atoms with Crippen molar-refractivity contribution in [2.24, 2.45) is 0 Å². The fraction of sp³-hybridized carbons (Fsp3) is 0.600. The van der Waals surface area contributed by atoms with Crippen molar-refractivity contribution in [1.82, 2.24) is 0 Å². The maximum atomic E-state index is 5.31. The van der Waals surface area contributed by atoms with Crippen LogP contribution in [0.3, 0.4) is 0 Å². The molecule has 0 heterocycles. The molecule has 0 N–H and O–H groups in total. The van der Waals surface area contributed by atoms with Gasteiger partial charge in [-0.15, -0.1) is 0 Å². The van der Waals surface area contributed by atoms with Crippen molar-refractivity contribution < 1.29 is 0 Å². The normalized spacial score (nSPS) is 11.5. The molecule has 0 aliphatic heterocycles. The van der Waals surface area contributed by atoms with Crippen LogP contribution in [0, 0.1) is 6.58 Å². The van der Waals surface area contributed by atoms with E-state index < -0.39 is 0 Å². The van der Waals surface area contributed by atoms with Gasteiger partial charge in [-0.2, -0.15) is 0 Å². The Morgan fingerprint density at radius 3 is 2.00 bits per heavy atom. The summed E-state index contributed by atoms with van der Waals surface area (Å²) in [5.74, 6) is 0. The third-order valence-electron chi connectivity index (χ3n) is 2.39. The molecule has 85 valence electrons. The zero-order chi connectivity index (χ0) is 11.2. The third kappa shape index (κ3) is 13.2. The second kappa shape index (κ2) is 13.2. The van der Waals surface area contributed by atoms with Crippen LogP contribution in [0.2, 0.25) is 0 Å². The molecule has 0 aromatic rings. The van der Waals surface area contributed by atoms with Gasteiger partial charge in [0.1, 0.15) is 0 Å². The Labute approximate surface area is 95.8 Å². The Balaban J connectivity index is 3.05. The van der Waals surface area contributed by atoms with Gasteiger partial charge in [0.15, 0.2) is 0 Å². The average Bonchev–Trinajstić information content (AvgIpc) is 2.26. The van der Waals surface area contributed by atoms with Crippen molar-refractivity contribution in [1.29, 1.82) is 0 Å². The molecule has 15 heavy (non-hydrogen) atoms. The van der Waals surface area contributed by atoms with Gasteiger partial charge in [0.25, 0.3) is 0 Å². The summed E-state index contributed by atoms with van der Waals surface area (Å²) in [6.07, 6.45) is 20.6. The van der Waals surface area contributed by atoms with Gasteiger partial charge < -0.3 is 0 Å². The Morgan fingerprint density at radius 2 is 1.33 bits per heavy atom. The number of unbranched alkanes of at least 4 members (excludes halogenated alkanes) is 6. The van der Waals surface area contributed by atoms with Gasteiger partial charge in [-0.3, -0.25) is 0 Å². The second-order valence-electron chi connectivity index (χ2n) is 3.85. The molecule has 0 spiro atoms. The van der Waals surface area contributed by atoms with E-state index in [4.69, 9.17) is 6.58 Å². The molecule has 0 saturated carbocycles. The van der Waals surface area contributed by atoms with Crippen LogP contribution in [0.4, 0.5) is 0 Å². The summed E-state index contributed by atoms with van der Waals surface area (Å²) in [7, 11) is 0. The monoisotopic (exact) mass is 205 g/mol. The summed E-state index contributed by atoms with van der Waals surface area (Å²) in [5.41, 5.74) is 0. The van der Waals surface area contributed by atoms with Gasteiger partial charge >= 0.3 is 0 Å². The largest absolute Gasteiger partial charge is 0.0917 e. The topological polar surface area (TPSA) is 0 Å². The first-order valence-electron chi connectivity index (χ1n) is 6.21. The van der Waals surface area contributed by atoms with E-state index in [9.17, 15) is 0 Å². The van der Waals surface area contributed by atoms with E-state index in [-0.39, 0.29) is 0 Å². The maximum Gasteiger partial charge on any atom is -0.0316 e. The number of rotatable bonds is 10. The van der Waals surface area contributed by atoms with Crippen LogP contribution in [0.25, 0.3) is 0 Å². The number of hydrogen-bond donors (Lipinski definition) is 0. The van der Waals surface area contributed by atoms with E-state index >= 15 is 0 Å². The van der Waals surface area contributed by atoms with Crippen LogP contribution >= 0.6 is 0 Å². The van der Waals surface area contributed by atoms with Gasteiger partial charge in [-0.05, 0) is 45.4 Å². The van der Waals surface area contributed by atoms with E-state index in [0.29, 0.717) is 0 Å². The van der Waals surface area contributed by atoms with Crippen LogP contribution < -0.4 is 0 Å². The smallest absolute Gasteiger partial charge is 0.0316 e. The maximum absolute atomic E-state index is 5.31. The zero-order valence-electron chi connectivity index (χ0n) is 10.1. The molecule has 0 atom stereocenters. The molecule has 0 aromatic carbocycles. The summed E-state index contributed by atoms with van der Waals surface area (Å²) >= 11 is 0. The van der Waals surface area contributed by atoms with Gasteiger partial charge in [0, 0.05) is 0 Å². The van der Waals surface area contributed by atoms with Crippen LogP contribution in [-0.2, 0) is 0 Å². The summed E-state index contributed by atoms with van der Waals surface area (Å²) in [5, 5.41) is 0. The molecule has 0 aromatic heterocycles.